The molecule has 7 heteroatoms. The van der Waals surface area contributed by atoms with Crippen molar-refractivity contribution in [2.45, 2.75) is 20.3 Å². The fourth-order valence-electron chi connectivity index (χ4n) is 4.70. The summed E-state index contributed by atoms with van der Waals surface area (Å²) < 4.78 is 1.01. The maximum absolute atomic E-state index is 13.4. The highest BCUT2D eigenvalue weighted by atomic mass is 16.2. The molecule has 4 N–H and O–H groups in total. The molecule has 0 amide bonds. The fourth-order valence-corrected chi connectivity index (χ4v) is 4.70. The lowest BCUT2D eigenvalue weighted by molar-refractivity contribution is 0.647. The van der Waals surface area contributed by atoms with E-state index in [0.29, 0.717) is 11.6 Å². The molecule has 0 saturated heterocycles. The van der Waals surface area contributed by atoms with Gasteiger partial charge in [-0.1, -0.05) is 50.2 Å². The topological polar surface area (TPSA) is 125 Å². The van der Waals surface area contributed by atoms with Crippen LogP contribution in [0.3, 0.4) is 0 Å². The summed E-state index contributed by atoms with van der Waals surface area (Å²) in [4.78, 5) is 53.2. The van der Waals surface area contributed by atoms with E-state index in [0.717, 1.165) is 16.6 Å². The molecule has 0 aliphatic rings. The minimum absolute atomic E-state index is 0.119. The average Bonchev–Trinajstić information content (AvgIpc) is 3.05. The van der Waals surface area contributed by atoms with E-state index >= 15 is 0 Å². The van der Waals surface area contributed by atoms with Crippen LogP contribution in [0, 0.1) is 5.92 Å². The van der Waals surface area contributed by atoms with Gasteiger partial charge in [-0.05, 0) is 30.0 Å². The van der Waals surface area contributed by atoms with Gasteiger partial charge in [0.1, 0.15) is 0 Å². The molecule has 7 nitrogen and oxygen atoms in total. The summed E-state index contributed by atoms with van der Waals surface area (Å²) in [5, 5.41) is -0.123. The first-order valence-electron chi connectivity index (χ1n) is 10.6. The zero-order chi connectivity index (χ0) is 23.6. The molecule has 0 aliphatic heterocycles. The molecule has 1 heterocycles. The second-order valence-electron chi connectivity index (χ2n) is 8.74. The van der Waals surface area contributed by atoms with Crippen molar-refractivity contribution in [3.63, 3.8) is 0 Å². The standard InChI is InChI=1S/C26H21N3O4/c1-12(2)10-13-6-5-7-14(11-13)29-25(32)19-20(26(29)33)22(28)18-17(21(19)27)23(30)15-8-3-4-9-16(15)24(18)31/h3-9,11-12H,10,27-28H2,1-2H3. The molecule has 164 valence electrons. The van der Waals surface area contributed by atoms with Gasteiger partial charge in [-0.25, -0.2) is 4.57 Å². The van der Waals surface area contributed by atoms with Crippen LogP contribution in [-0.4, -0.2) is 4.57 Å². The van der Waals surface area contributed by atoms with Crippen molar-refractivity contribution >= 4 is 43.7 Å². The summed E-state index contributed by atoms with van der Waals surface area (Å²) in [6.45, 7) is 4.15. The van der Waals surface area contributed by atoms with Crippen LogP contribution < -0.4 is 33.4 Å². The highest BCUT2D eigenvalue weighted by molar-refractivity contribution is 6.20. The van der Waals surface area contributed by atoms with E-state index in [1.54, 1.807) is 30.3 Å². The van der Waals surface area contributed by atoms with Gasteiger partial charge < -0.3 is 11.5 Å². The lowest BCUT2D eigenvalue weighted by Crippen LogP contribution is -2.23. The van der Waals surface area contributed by atoms with Gasteiger partial charge in [0.05, 0.1) is 38.6 Å². The molecular formula is C26H21N3O4. The van der Waals surface area contributed by atoms with Crippen molar-refractivity contribution in [1.29, 1.82) is 0 Å². The van der Waals surface area contributed by atoms with Crippen molar-refractivity contribution in [1.82, 2.24) is 4.57 Å². The number of fused-ring (bicyclic) bond motifs is 3. The van der Waals surface area contributed by atoms with Gasteiger partial charge in [-0.2, -0.15) is 0 Å². The van der Waals surface area contributed by atoms with Crippen molar-refractivity contribution < 1.29 is 0 Å². The molecule has 0 atom stereocenters. The largest absolute Gasteiger partial charge is 0.397 e. The van der Waals surface area contributed by atoms with Crippen molar-refractivity contribution in [3.8, 4) is 5.69 Å². The molecule has 0 saturated carbocycles. The Balaban J connectivity index is 1.97. The Morgan fingerprint density at radius 3 is 1.73 bits per heavy atom. The van der Waals surface area contributed by atoms with Crippen LogP contribution in [0.15, 0.2) is 67.7 Å². The third-order valence-electron chi connectivity index (χ3n) is 6.09. The Kier molecular flexibility index (Phi) is 4.46. The number of benzene rings is 4. The fraction of sp³-hybridized carbons (Fsp3) is 0.154. The number of anilines is 2. The van der Waals surface area contributed by atoms with Gasteiger partial charge in [-0.3, -0.25) is 19.2 Å². The lowest BCUT2D eigenvalue weighted by Gasteiger charge is -2.07. The number of nitrogen functional groups attached to an aromatic ring is 2. The van der Waals surface area contributed by atoms with Gasteiger partial charge in [0, 0.05) is 10.8 Å². The number of rotatable bonds is 3. The molecule has 5 rings (SSSR count). The highest BCUT2D eigenvalue weighted by Gasteiger charge is 2.25. The molecule has 4 aromatic carbocycles. The quantitative estimate of drug-likeness (QED) is 0.253. The van der Waals surface area contributed by atoms with E-state index in [1.165, 1.54) is 12.1 Å². The van der Waals surface area contributed by atoms with Gasteiger partial charge in [0.15, 0.2) is 10.9 Å². The summed E-state index contributed by atoms with van der Waals surface area (Å²) in [7, 11) is 0. The van der Waals surface area contributed by atoms with Gasteiger partial charge in [-0.15, -0.1) is 0 Å². The Bertz CT molecular complexity index is 1720. The second-order valence-corrected chi connectivity index (χ2v) is 8.74. The van der Waals surface area contributed by atoms with E-state index in [9.17, 15) is 19.2 Å². The Morgan fingerprint density at radius 1 is 0.727 bits per heavy atom. The van der Waals surface area contributed by atoms with Crippen molar-refractivity contribution in [2.75, 3.05) is 11.5 Å². The number of hydrogen-bond acceptors (Lipinski definition) is 6. The van der Waals surface area contributed by atoms with Crippen LogP contribution in [0.1, 0.15) is 19.4 Å². The third-order valence-corrected chi connectivity index (χ3v) is 6.09. The van der Waals surface area contributed by atoms with E-state index < -0.39 is 22.0 Å². The van der Waals surface area contributed by atoms with Crippen molar-refractivity contribution in [3.05, 3.63) is 95.2 Å². The summed E-state index contributed by atoms with van der Waals surface area (Å²) in [5.74, 6) is 0.388. The first-order valence-corrected chi connectivity index (χ1v) is 10.6. The van der Waals surface area contributed by atoms with Crippen LogP contribution in [0.25, 0.3) is 38.0 Å². The van der Waals surface area contributed by atoms with Crippen LogP contribution in [0.2, 0.25) is 0 Å². The number of nitrogens with zero attached hydrogens (tertiary/aromatic N) is 1. The van der Waals surface area contributed by atoms with E-state index in [-0.39, 0.29) is 43.7 Å². The van der Waals surface area contributed by atoms with Gasteiger partial charge in [0.25, 0.3) is 11.1 Å². The Morgan fingerprint density at radius 2 is 1.24 bits per heavy atom. The molecule has 5 aromatic rings. The van der Waals surface area contributed by atoms with E-state index in [1.807, 2.05) is 6.07 Å². The molecule has 0 bridgehead atoms. The predicted molar refractivity (Wildman–Crippen MR) is 133 cm³/mol. The summed E-state index contributed by atoms with van der Waals surface area (Å²) in [6, 6.07) is 13.5. The van der Waals surface area contributed by atoms with E-state index in [4.69, 9.17) is 11.5 Å². The predicted octanol–water partition coefficient (Wildman–Crippen LogP) is 2.62. The lowest BCUT2D eigenvalue weighted by atomic mass is 9.97. The zero-order valence-corrected chi connectivity index (χ0v) is 18.1. The monoisotopic (exact) mass is 439 g/mol. The highest BCUT2D eigenvalue weighted by Crippen LogP contribution is 2.31. The Labute approximate surface area is 187 Å². The number of hydrogen-bond donors (Lipinski definition) is 2. The third kappa shape index (κ3) is 2.82. The summed E-state index contributed by atoms with van der Waals surface area (Å²) in [5.41, 5.74) is 11.2. The Hall–Kier alpha value is -4.26. The van der Waals surface area contributed by atoms with Crippen LogP contribution in [-0.2, 0) is 6.42 Å². The minimum atomic E-state index is -0.664. The molecule has 0 aliphatic carbocycles. The van der Waals surface area contributed by atoms with E-state index in [2.05, 4.69) is 13.8 Å². The van der Waals surface area contributed by atoms with Crippen LogP contribution in [0.4, 0.5) is 11.4 Å². The molecular weight excluding hydrogens is 418 g/mol. The molecule has 0 spiro atoms. The average molecular weight is 439 g/mol. The van der Waals surface area contributed by atoms with Gasteiger partial charge >= 0.3 is 0 Å². The first-order chi connectivity index (χ1) is 15.7. The molecule has 0 fully saturated rings. The normalized spacial score (nSPS) is 11.8. The number of aromatic nitrogens is 1. The summed E-state index contributed by atoms with van der Waals surface area (Å²) >= 11 is 0. The number of nitrogens with two attached hydrogens (primary N) is 2. The first kappa shape index (κ1) is 20.6. The molecule has 33 heavy (non-hydrogen) atoms. The molecule has 0 radical (unpaired) electrons. The van der Waals surface area contributed by atoms with Crippen LogP contribution in [0.5, 0.6) is 0 Å². The smallest absolute Gasteiger partial charge is 0.268 e. The summed E-state index contributed by atoms with van der Waals surface area (Å²) in [6.07, 6.45) is 0.775. The maximum atomic E-state index is 13.4. The minimum Gasteiger partial charge on any atom is -0.397 e. The SMILES string of the molecule is CC(C)Cc1cccc(-n2c(=O)c3c(N)c4c(=O)c5ccccc5c(=O)c4c(N)c3c2=O)c1. The maximum Gasteiger partial charge on any atom is 0.268 e. The second kappa shape index (κ2) is 7.13. The van der Waals surface area contributed by atoms with Crippen molar-refractivity contribution in [2.24, 2.45) is 5.92 Å². The molecule has 1 aromatic heterocycles. The zero-order valence-electron chi connectivity index (χ0n) is 18.1. The van der Waals surface area contributed by atoms with Crippen LogP contribution >= 0.6 is 0 Å². The molecule has 0 unspecified atom stereocenters. The van der Waals surface area contributed by atoms with Gasteiger partial charge in [0.2, 0.25) is 0 Å².